The van der Waals surface area contributed by atoms with Crippen LogP contribution < -0.4 is 0 Å². The molecule has 0 aliphatic rings. The van der Waals surface area contributed by atoms with Gasteiger partial charge in [-0.15, -0.1) is 15.3 Å². The van der Waals surface area contributed by atoms with Gasteiger partial charge in [-0.3, -0.25) is 0 Å². The van der Waals surface area contributed by atoms with E-state index in [0.717, 1.165) is 16.7 Å². The van der Waals surface area contributed by atoms with Crippen LogP contribution in [0.15, 0.2) is 36.5 Å². The van der Waals surface area contributed by atoms with Gasteiger partial charge in [0.1, 0.15) is 5.52 Å². The number of hydrogen-bond donors (Lipinski definition) is 0. The normalized spacial score (nSPS) is 10.8. The highest BCUT2D eigenvalue weighted by Crippen LogP contribution is 2.10. The fourth-order valence-corrected chi connectivity index (χ4v) is 1.54. The third-order valence-corrected chi connectivity index (χ3v) is 2.29. The van der Waals surface area contributed by atoms with E-state index >= 15 is 0 Å². The molecular weight excluding hydrogens is 204 g/mol. The van der Waals surface area contributed by atoms with E-state index in [0.29, 0.717) is 6.54 Å². The van der Waals surface area contributed by atoms with Crippen molar-refractivity contribution in [3.8, 4) is 0 Å². The molecule has 2 aromatic heterocycles. The minimum absolute atomic E-state index is 0.552. The molecule has 0 spiro atoms. The van der Waals surface area contributed by atoms with Crippen LogP contribution in [0.2, 0.25) is 0 Å². The second kappa shape index (κ2) is 3.65. The number of benzene rings is 1. The monoisotopic (exact) mass is 212 g/mol. The van der Waals surface area contributed by atoms with Crippen molar-refractivity contribution < 1.29 is 0 Å². The summed E-state index contributed by atoms with van der Waals surface area (Å²) >= 11 is 0. The first-order valence-electron chi connectivity index (χ1n) is 4.85. The van der Waals surface area contributed by atoms with Gasteiger partial charge in [-0.2, -0.15) is 0 Å². The summed E-state index contributed by atoms with van der Waals surface area (Å²) in [5.74, 6) is 0. The summed E-state index contributed by atoms with van der Waals surface area (Å²) in [6.07, 6.45) is 1.61. The largest absolute Gasteiger partial charge is 0.239 e. The average Bonchev–Trinajstić information content (AvgIpc) is 2.74. The SMILES string of the molecule is c1ccc2c(c1)nnn2Cc1ccnnn1. The molecule has 0 amide bonds. The van der Waals surface area contributed by atoms with E-state index in [1.165, 1.54) is 0 Å². The Kier molecular flexibility index (Phi) is 2.03. The van der Waals surface area contributed by atoms with E-state index in [9.17, 15) is 0 Å². The molecular formula is C10H8N6. The summed E-state index contributed by atoms with van der Waals surface area (Å²) in [6, 6.07) is 9.61. The number of rotatable bonds is 2. The molecule has 0 aliphatic carbocycles. The van der Waals surface area contributed by atoms with Gasteiger partial charge in [-0.25, -0.2) is 4.68 Å². The van der Waals surface area contributed by atoms with E-state index < -0.39 is 0 Å². The summed E-state index contributed by atoms with van der Waals surface area (Å²) < 4.78 is 1.79. The second-order valence-corrected chi connectivity index (χ2v) is 3.35. The minimum Gasteiger partial charge on any atom is -0.239 e. The van der Waals surface area contributed by atoms with E-state index in [1.54, 1.807) is 10.9 Å². The lowest BCUT2D eigenvalue weighted by Gasteiger charge is -1.99. The first-order valence-corrected chi connectivity index (χ1v) is 4.85. The smallest absolute Gasteiger partial charge is 0.113 e. The van der Waals surface area contributed by atoms with Crippen LogP contribution in [0, 0.1) is 0 Å². The van der Waals surface area contributed by atoms with E-state index in [1.807, 2.05) is 30.3 Å². The third-order valence-electron chi connectivity index (χ3n) is 2.29. The molecule has 78 valence electrons. The topological polar surface area (TPSA) is 69.4 Å². The number of hydrogen-bond acceptors (Lipinski definition) is 5. The Bertz CT molecular complexity index is 603. The van der Waals surface area contributed by atoms with Crippen molar-refractivity contribution in [1.29, 1.82) is 0 Å². The molecule has 0 unspecified atom stereocenters. The van der Waals surface area contributed by atoms with Crippen molar-refractivity contribution in [2.75, 3.05) is 0 Å². The molecule has 0 N–H and O–H groups in total. The lowest BCUT2D eigenvalue weighted by molar-refractivity contribution is 0.642. The molecule has 0 saturated heterocycles. The third kappa shape index (κ3) is 1.50. The molecule has 3 aromatic rings. The van der Waals surface area contributed by atoms with Gasteiger partial charge in [-0.05, 0) is 23.4 Å². The lowest BCUT2D eigenvalue weighted by atomic mass is 10.3. The van der Waals surface area contributed by atoms with E-state index in [4.69, 9.17) is 0 Å². The van der Waals surface area contributed by atoms with Gasteiger partial charge >= 0.3 is 0 Å². The number of nitrogens with zero attached hydrogens (tertiary/aromatic N) is 6. The molecule has 0 atom stereocenters. The molecule has 16 heavy (non-hydrogen) atoms. The zero-order valence-corrected chi connectivity index (χ0v) is 8.35. The highest BCUT2D eigenvalue weighted by molar-refractivity contribution is 5.73. The first-order chi connectivity index (χ1) is 7.93. The van der Waals surface area contributed by atoms with Gasteiger partial charge in [0, 0.05) is 0 Å². The van der Waals surface area contributed by atoms with Crippen molar-refractivity contribution in [1.82, 2.24) is 30.4 Å². The maximum Gasteiger partial charge on any atom is 0.113 e. The predicted octanol–water partition coefficient (Wildman–Crippen LogP) is 0.665. The van der Waals surface area contributed by atoms with Crippen molar-refractivity contribution in [3.63, 3.8) is 0 Å². The average molecular weight is 212 g/mol. The first kappa shape index (κ1) is 8.90. The van der Waals surface area contributed by atoms with Gasteiger partial charge in [-0.1, -0.05) is 17.3 Å². The molecule has 0 bridgehead atoms. The predicted molar refractivity (Wildman–Crippen MR) is 56.5 cm³/mol. The highest BCUT2D eigenvalue weighted by atomic mass is 15.4. The number of aromatic nitrogens is 6. The molecule has 0 saturated carbocycles. The van der Waals surface area contributed by atoms with Gasteiger partial charge in [0.15, 0.2) is 0 Å². The molecule has 0 fully saturated rings. The summed E-state index contributed by atoms with van der Waals surface area (Å²) in [7, 11) is 0. The van der Waals surface area contributed by atoms with E-state index in [2.05, 4.69) is 25.7 Å². The Morgan fingerprint density at radius 1 is 1.06 bits per heavy atom. The standard InChI is InChI=1S/C10H8N6/c1-2-4-10-9(3-1)13-15-16(10)7-8-5-6-11-14-12-8/h1-6H,7H2. The Labute approximate surface area is 90.9 Å². The maximum absolute atomic E-state index is 4.07. The molecule has 3 rings (SSSR count). The lowest BCUT2D eigenvalue weighted by Crippen LogP contribution is -2.04. The van der Waals surface area contributed by atoms with E-state index in [-0.39, 0.29) is 0 Å². The van der Waals surface area contributed by atoms with Gasteiger partial charge in [0.05, 0.1) is 24.0 Å². The van der Waals surface area contributed by atoms with Crippen LogP contribution in [0.3, 0.4) is 0 Å². The van der Waals surface area contributed by atoms with Crippen LogP contribution in [0.4, 0.5) is 0 Å². The fraction of sp³-hybridized carbons (Fsp3) is 0.100. The van der Waals surface area contributed by atoms with Crippen molar-refractivity contribution in [3.05, 3.63) is 42.2 Å². The Hall–Kier alpha value is -2.37. The second-order valence-electron chi connectivity index (χ2n) is 3.35. The Morgan fingerprint density at radius 3 is 2.88 bits per heavy atom. The molecule has 6 heteroatoms. The molecule has 2 heterocycles. The Morgan fingerprint density at radius 2 is 2.00 bits per heavy atom. The van der Waals surface area contributed by atoms with Crippen molar-refractivity contribution >= 4 is 11.0 Å². The minimum atomic E-state index is 0.552. The Balaban J connectivity index is 2.01. The van der Waals surface area contributed by atoms with Gasteiger partial charge in [0.25, 0.3) is 0 Å². The summed E-state index contributed by atoms with van der Waals surface area (Å²) in [5.41, 5.74) is 2.68. The van der Waals surface area contributed by atoms with Crippen LogP contribution >= 0.6 is 0 Å². The van der Waals surface area contributed by atoms with Crippen molar-refractivity contribution in [2.45, 2.75) is 6.54 Å². The van der Waals surface area contributed by atoms with Crippen LogP contribution in [0.25, 0.3) is 11.0 Å². The fourth-order valence-electron chi connectivity index (χ4n) is 1.54. The van der Waals surface area contributed by atoms with Crippen LogP contribution in [-0.2, 0) is 6.54 Å². The van der Waals surface area contributed by atoms with Crippen LogP contribution in [0.1, 0.15) is 5.69 Å². The summed E-state index contributed by atoms with van der Waals surface area (Å²) in [6.45, 7) is 0.552. The van der Waals surface area contributed by atoms with Crippen LogP contribution in [0.5, 0.6) is 0 Å². The zero-order valence-electron chi connectivity index (χ0n) is 8.35. The van der Waals surface area contributed by atoms with Gasteiger partial charge in [0.2, 0.25) is 0 Å². The maximum atomic E-state index is 4.07. The van der Waals surface area contributed by atoms with Crippen molar-refractivity contribution in [2.24, 2.45) is 0 Å². The summed E-state index contributed by atoms with van der Waals surface area (Å²) in [4.78, 5) is 0. The zero-order chi connectivity index (χ0) is 10.8. The molecule has 1 aromatic carbocycles. The molecule has 0 radical (unpaired) electrons. The van der Waals surface area contributed by atoms with Gasteiger partial charge < -0.3 is 0 Å². The highest BCUT2D eigenvalue weighted by Gasteiger charge is 2.04. The van der Waals surface area contributed by atoms with Crippen LogP contribution in [-0.4, -0.2) is 30.4 Å². The number of fused-ring (bicyclic) bond motifs is 1. The number of para-hydroxylation sites is 1. The molecule has 6 nitrogen and oxygen atoms in total. The summed E-state index contributed by atoms with van der Waals surface area (Å²) in [5, 5.41) is 19.3. The quantitative estimate of drug-likeness (QED) is 0.624. The molecule has 0 aliphatic heterocycles.